The van der Waals surface area contributed by atoms with Crippen LogP contribution in [0.2, 0.25) is 0 Å². The third kappa shape index (κ3) is 4.15. The number of nitrogens with one attached hydrogen (secondary N) is 1. The van der Waals surface area contributed by atoms with Crippen molar-refractivity contribution in [2.75, 3.05) is 0 Å². The van der Waals surface area contributed by atoms with Crippen LogP contribution in [0, 0.1) is 0 Å². The lowest BCUT2D eigenvalue weighted by Crippen LogP contribution is -2.29. The summed E-state index contributed by atoms with van der Waals surface area (Å²) < 4.78 is 6.32. The normalized spacial score (nSPS) is 20.8. The van der Waals surface area contributed by atoms with Crippen LogP contribution in [0.5, 0.6) is 0 Å². The van der Waals surface area contributed by atoms with Gasteiger partial charge in [0.1, 0.15) is 0 Å². The average Bonchev–Trinajstić information content (AvgIpc) is 2.61. The molecule has 3 rings (SSSR count). The van der Waals surface area contributed by atoms with Crippen molar-refractivity contribution < 1.29 is 4.74 Å². The first-order valence-electron chi connectivity index (χ1n) is 7.58. The lowest BCUT2D eigenvalue weighted by molar-refractivity contribution is -0.0208. The van der Waals surface area contributed by atoms with Gasteiger partial charge in [0.15, 0.2) is 5.11 Å². The summed E-state index contributed by atoms with van der Waals surface area (Å²) in [6, 6.07) is 20.4. The number of ether oxygens (including phenoxy) is 1. The van der Waals surface area contributed by atoms with Crippen LogP contribution in [0.25, 0.3) is 0 Å². The molecule has 0 amide bonds. The van der Waals surface area contributed by atoms with Gasteiger partial charge in [0.25, 0.3) is 0 Å². The van der Waals surface area contributed by atoms with Crippen LogP contribution in [0.15, 0.2) is 65.8 Å². The van der Waals surface area contributed by atoms with Gasteiger partial charge in [-0.1, -0.05) is 60.7 Å². The van der Waals surface area contributed by atoms with Crippen molar-refractivity contribution in [2.45, 2.75) is 25.0 Å². The highest BCUT2D eigenvalue weighted by atomic mass is 32.1. The van der Waals surface area contributed by atoms with E-state index in [1.165, 1.54) is 0 Å². The van der Waals surface area contributed by atoms with Crippen LogP contribution in [-0.2, 0) is 4.74 Å². The molecule has 1 heterocycles. The van der Waals surface area contributed by atoms with Gasteiger partial charge < -0.3 is 10.5 Å². The molecule has 0 aromatic heterocycles. The lowest BCUT2D eigenvalue weighted by atomic mass is 9.93. The second-order valence-electron chi connectivity index (χ2n) is 5.50. The molecule has 0 aliphatic carbocycles. The second-order valence-corrected chi connectivity index (χ2v) is 5.94. The maximum Gasteiger partial charge on any atom is 0.184 e. The molecule has 3 N–H and O–H groups in total. The van der Waals surface area contributed by atoms with Crippen LogP contribution < -0.4 is 11.2 Å². The minimum absolute atomic E-state index is 0.0259. The maximum absolute atomic E-state index is 6.32. The van der Waals surface area contributed by atoms with E-state index in [2.05, 4.69) is 34.8 Å². The van der Waals surface area contributed by atoms with E-state index in [1.807, 2.05) is 36.4 Å². The van der Waals surface area contributed by atoms with Crippen LogP contribution in [0.1, 0.15) is 36.2 Å². The number of rotatable bonds is 3. The Balaban J connectivity index is 1.86. The summed E-state index contributed by atoms with van der Waals surface area (Å²) in [6.07, 6.45) is 1.40. The molecule has 0 radical (unpaired) electrons. The fraction of sp³-hybridized carbons (Fsp3) is 0.222. The molecule has 2 aromatic rings. The molecule has 5 heteroatoms. The highest BCUT2D eigenvalue weighted by molar-refractivity contribution is 7.80. The number of nitrogens with two attached hydrogens (primary N) is 1. The zero-order chi connectivity index (χ0) is 16.1. The molecular formula is C18H19N3OS. The number of hydrogen-bond donors (Lipinski definition) is 2. The van der Waals surface area contributed by atoms with Gasteiger partial charge >= 0.3 is 0 Å². The first-order valence-corrected chi connectivity index (χ1v) is 7.99. The lowest BCUT2D eigenvalue weighted by Gasteiger charge is -2.31. The summed E-state index contributed by atoms with van der Waals surface area (Å²) >= 11 is 4.84. The van der Waals surface area contributed by atoms with Crippen LogP contribution in [-0.4, -0.2) is 10.8 Å². The number of hydrogen-bond acceptors (Lipinski definition) is 3. The van der Waals surface area contributed by atoms with Crippen molar-refractivity contribution >= 4 is 23.0 Å². The molecule has 0 bridgehead atoms. The Kier molecular flexibility index (Phi) is 5.00. The first kappa shape index (κ1) is 15.6. The van der Waals surface area contributed by atoms with Gasteiger partial charge in [0.05, 0.1) is 12.2 Å². The van der Waals surface area contributed by atoms with Crippen molar-refractivity contribution in [3.8, 4) is 0 Å². The van der Waals surface area contributed by atoms with E-state index in [9.17, 15) is 0 Å². The van der Waals surface area contributed by atoms with Crippen LogP contribution in [0.4, 0.5) is 0 Å². The zero-order valence-corrected chi connectivity index (χ0v) is 13.5. The molecule has 1 aliphatic rings. The van der Waals surface area contributed by atoms with E-state index in [4.69, 9.17) is 22.7 Å². The molecule has 0 spiro atoms. The van der Waals surface area contributed by atoms with Gasteiger partial charge in [-0.05, 0) is 23.3 Å². The predicted octanol–water partition coefficient (Wildman–Crippen LogP) is 3.47. The molecular weight excluding hydrogens is 306 g/mol. The van der Waals surface area contributed by atoms with Gasteiger partial charge in [-0.3, -0.25) is 5.43 Å². The van der Waals surface area contributed by atoms with E-state index in [0.717, 1.165) is 29.7 Å². The molecule has 1 saturated heterocycles. The second kappa shape index (κ2) is 7.35. The van der Waals surface area contributed by atoms with Gasteiger partial charge in [0, 0.05) is 18.6 Å². The molecule has 2 aromatic carbocycles. The quantitative estimate of drug-likeness (QED) is 0.670. The number of thiocarbonyl (C=S) groups is 1. The van der Waals surface area contributed by atoms with Crippen molar-refractivity contribution in [3.05, 3.63) is 71.8 Å². The van der Waals surface area contributed by atoms with Crippen molar-refractivity contribution in [1.82, 2.24) is 5.43 Å². The monoisotopic (exact) mass is 325 g/mol. The molecule has 1 fully saturated rings. The van der Waals surface area contributed by atoms with Gasteiger partial charge in [-0.2, -0.15) is 5.10 Å². The number of nitrogens with zero attached hydrogens (tertiary/aromatic N) is 1. The van der Waals surface area contributed by atoms with Crippen molar-refractivity contribution in [2.24, 2.45) is 10.8 Å². The highest BCUT2D eigenvalue weighted by Crippen LogP contribution is 2.37. The summed E-state index contributed by atoms with van der Waals surface area (Å²) in [7, 11) is 0. The first-order chi connectivity index (χ1) is 11.2. The minimum atomic E-state index is -0.0259. The number of benzene rings is 2. The van der Waals surface area contributed by atoms with E-state index < -0.39 is 0 Å². The highest BCUT2D eigenvalue weighted by Gasteiger charge is 2.28. The van der Waals surface area contributed by atoms with Gasteiger partial charge in [-0.25, -0.2) is 0 Å². The van der Waals surface area contributed by atoms with Crippen molar-refractivity contribution in [1.29, 1.82) is 0 Å². The predicted molar refractivity (Wildman–Crippen MR) is 96.0 cm³/mol. The summed E-state index contributed by atoms with van der Waals surface area (Å²) in [6.45, 7) is 0. The zero-order valence-electron chi connectivity index (χ0n) is 12.7. The number of hydrazone groups is 1. The van der Waals surface area contributed by atoms with E-state index in [-0.39, 0.29) is 17.3 Å². The fourth-order valence-electron chi connectivity index (χ4n) is 2.76. The standard InChI is InChI=1S/C18H19N3OS/c19-18(23)21-20-15-11-16(13-7-3-1-4-8-13)22-17(12-15)14-9-5-2-6-10-14/h1-10,16-17H,11-12H2,(H3,19,21,23). The molecule has 0 saturated carbocycles. The average molecular weight is 325 g/mol. The SMILES string of the molecule is NC(=S)NN=C1CC(c2ccccc2)OC(c2ccccc2)C1. The summed E-state index contributed by atoms with van der Waals surface area (Å²) in [5.41, 5.74) is 11.5. The molecule has 1 aliphatic heterocycles. The summed E-state index contributed by atoms with van der Waals surface area (Å²) in [5, 5.41) is 4.53. The summed E-state index contributed by atoms with van der Waals surface area (Å²) in [4.78, 5) is 0. The Hall–Kier alpha value is -2.24. The van der Waals surface area contributed by atoms with E-state index >= 15 is 0 Å². The fourth-order valence-corrected chi connectivity index (χ4v) is 2.81. The van der Waals surface area contributed by atoms with E-state index in [0.29, 0.717) is 0 Å². The Morgan fingerprint density at radius 1 is 0.957 bits per heavy atom. The van der Waals surface area contributed by atoms with Crippen LogP contribution >= 0.6 is 12.2 Å². The largest absolute Gasteiger partial charge is 0.375 e. The van der Waals surface area contributed by atoms with Gasteiger partial charge in [-0.15, -0.1) is 0 Å². The molecule has 2 atom stereocenters. The Morgan fingerprint density at radius 2 is 1.43 bits per heavy atom. The van der Waals surface area contributed by atoms with Crippen LogP contribution in [0.3, 0.4) is 0 Å². The smallest absolute Gasteiger partial charge is 0.184 e. The minimum Gasteiger partial charge on any atom is -0.375 e. The topological polar surface area (TPSA) is 59.6 Å². The molecule has 118 valence electrons. The Labute approximate surface area is 141 Å². The Morgan fingerprint density at radius 3 is 1.87 bits per heavy atom. The third-order valence-corrected chi connectivity index (χ3v) is 3.93. The molecule has 2 unspecified atom stereocenters. The van der Waals surface area contributed by atoms with Crippen molar-refractivity contribution in [3.63, 3.8) is 0 Å². The maximum atomic E-state index is 6.32. The van der Waals surface area contributed by atoms with Gasteiger partial charge in [0.2, 0.25) is 0 Å². The molecule has 4 nitrogen and oxygen atoms in total. The van der Waals surface area contributed by atoms with E-state index in [1.54, 1.807) is 0 Å². The molecule has 23 heavy (non-hydrogen) atoms. The third-order valence-electron chi connectivity index (χ3n) is 3.84. The Bertz CT molecular complexity index is 638. The summed E-state index contributed by atoms with van der Waals surface area (Å²) in [5.74, 6) is 0.